The molecule has 1 aromatic rings. The van der Waals surface area contributed by atoms with Crippen molar-refractivity contribution in [3.8, 4) is 0 Å². The summed E-state index contributed by atoms with van der Waals surface area (Å²) in [6, 6.07) is 8.38. The predicted octanol–water partition coefficient (Wildman–Crippen LogP) is 2.00. The number of piperazine rings is 1. The van der Waals surface area contributed by atoms with Crippen molar-refractivity contribution in [2.75, 3.05) is 26.7 Å². The Kier molecular flexibility index (Phi) is 5.18. The Morgan fingerprint density at radius 1 is 1.30 bits per heavy atom. The molecule has 1 fully saturated rings. The number of likely N-dealkylation sites (N-methyl/N-ethyl adjacent to an activating group) is 1. The maximum atomic E-state index is 11.9. The number of carbonyl (C=O) groups is 1. The zero-order chi connectivity index (χ0) is 14.7. The molecule has 2 N–H and O–H groups in total. The van der Waals surface area contributed by atoms with E-state index >= 15 is 0 Å². The van der Waals surface area contributed by atoms with Crippen molar-refractivity contribution in [1.29, 1.82) is 0 Å². The number of hydrogen-bond acceptors (Lipinski definition) is 3. The van der Waals surface area contributed by atoms with E-state index in [1.54, 1.807) is 4.90 Å². The van der Waals surface area contributed by atoms with Gasteiger partial charge in [-0.2, -0.15) is 0 Å². The maximum Gasteiger partial charge on any atom is 0.236 e. The van der Waals surface area contributed by atoms with E-state index in [1.807, 2.05) is 19.2 Å². The zero-order valence-electron chi connectivity index (χ0n) is 12.1. The first-order chi connectivity index (χ1) is 9.52. The molecule has 1 heterocycles. The number of benzene rings is 1. The summed E-state index contributed by atoms with van der Waals surface area (Å²) in [6.45, 7) is 4.18. The van der Waals surface area contributed by atoms with Crippen molar-refractivity contribution in [1.82, 2.24) is 9.80 Å². The van der Waals surface area contributed by atoms with Gasteiger partial charge < -0.3 is 10.6 Å². The van der Waals surface area contributed by atoms with Crippen LogP contribution in [0.1, 0.15) is 24.9 Å². The first kappa shape index (κ1) is 15.5. The van der Waals surface area contributed by atoms with Gasteiger partial charge in [-0.3, -0.25) is 9.69 Å². The summed E-state index contributed by atoms with van der Waals surface area (Å²) >= 11 is 3.46. The summed E-state index contributed by atoms with van der Waals surface area (Å²) in [7, 11) is 1.86. The maximum absolute atomic E-state index is 11.9. The second kappa shape index (κ2) is 6.70. The van der Waals surface area contributed by atoms with Gasteiger partial charge >= 0.3 is 0 Å². The molecule has 0 saturated carbocycles. The second-order valence-corrected chi connectivity index (χ2v) is 6.27. The lowest BCUT2D eigenvalue weighted by atomic mass is 9.95. The molecule has 5 heteroatoms. The van der Waals surface area contributed by atoms with Crippen LogP contribution in [0.3, 0.4) is 0 Å². The van der Waals surface area contributed by atoms with Crippen LogP contribution >= 0.6 is 15.9 Å². The van der Waals surface area contributed by atoms with Crippen LogP contribution in [-0.2, 0) is 4.79 Å². The monoisotopic (exact) mass is 339 g/mol. The topological polar surface area (TPSA) is 49.6 Å². The Morgan fingerprint density at radius 2 is 1.95 bits per heavy atom. The van der Waals surface area contributed by atoms with Crippen LogP contribution in [0.25, 0.3) is 0 Å². The summed E-state index contributed by atoms with van der Waals surface area (Å²) in [4.78, 5) is 15.9. The van der Waals surface area contributed by atoms with E-state index < -0.39 is 0 Å². The third-order valence-corrected chi connectivity index (χ3v) is 4.50. The molecule has 0 aliphatic carbocycles. The van der Waals surface area contributed by atoms with Crippen LogP contribution in [0.2, 0.25) is 0 Å². The van der Waals surface area contributed by atoms with Gasteiger partial charge in [0.15, 0.2) is 0 Å². The van der Waals surface area contributed by atoms with Crippen LogP contribution in [-0.4, -0.2) is 48.4 Å². The molecule has 1 aliphatic rings. The number of nitrogens with zero attached hydrogens (tertiary/aromatic N) is 2. The Hall–Kier alpha value is -0.910. The first-order valence-electron chi connectivity index (χ1n) is 7.02. The SMILES string of the molecule is CCC(N)C(c1ccc(Br)cc1)N1CCN(C)C(=O)C1. The molecule has 4 nitrogen and oxygen atoms in total. The molecule has 1 amide bonds. The molecule has 0 spiro atoms. The van der Waals surface area contributed by atoms with Gasteiger partial charge in [0.1, 0.15) is 0 Å². The van der Waals surface area contributed by atoms with Gasteiger partial charge in [0, 0.05) is 30.7 Å². The summed E-state index contributed by atoms with van der Waals surface area (Å²) in [5, 5.41) is 0. The van der Waals surface area contributed by atoms with E-state index in [-0.39, 0.29) is 18.0 Å². The number of rotatable bonds is 4. The molecular weight excluding hydrogens is 318 g/mol. The number of carbonyl (C=O) groups excluding carboxylic acids is 1. The highest BCUT2D eigenvalue weighted by Crippen LogP contribution is 2.27. The molecule has 1 aromatic carbocycles. The van der Waals surface area contributed by atoms with Crippen molar-refractivity contribution in [3.63, 3.8) is 0 Å². The second-order valence-electron chi connectivity index (χ2n) is 5.35. The van der Waals surface area contributed by atoms with Gasteiger partial charge in [0.2, 0.25) is 5.91 Å². The van der Waals surface area contributed by atoms with E-state index in [0.717, 1.165) is 24.0 Å². The van der Waals surface area contributed by atoms with Crippen LogP contribution in [0.4, 0.5) is 0 Å². The lowest BCUT2D eigenvalue weighted by molar-refractivity contribution is -0.135. The smallest absolute Gasteiger partial charge is 0.236 e. The van der Waals surface area contributed by atoms with Gasteiger partial charge in [0.25, 0.3) is 0 Å². The van der Waals surface area contributed by atoms with Crippen molar-refractivity contribution in [2.24, 2.45) is 5.73 Å². The molecule has 20 heavy (non-hydrogen) atoms. The third-order valence-electron chi connectivity index (χ3n) is 3.97. The minimum Gasteiger partial charge on any atom is -0.343 e. The van der Waals surface area contributed by atoms with Gasteiger partial charge in [-0.1, -0.05) is 35.0 Å². The minimum absolute atomic E-state index is 0.0346. The molecule has 1 aliphatic heterocycles. The summed E-state index contributed by atoms with van der Waals surface area (Å²) < 4.78 is 1.06. The van der Waals surface area contributed by atoms with Crippen molar-refractivity contribution >= 4 is 21.8 Å². The van der Waals surface area contributed by atoms with Crippen molar-refractivity contribution in [3.05, 3.63) is 34.3 Å². The molecule has 1 saturated heterocycles. The van der Waals surface area contributed by atoms with Crippen LogP contribution in [0.15, 0.2) is 28.7 Å². The highest BCUT2D eigenvalue weighted by atomic mass is 79.9. The van der Waals surface area contributed by atoms with Gasteiger partial charge in [0.05, 0.1) is 12.6 Å². The lowest BCUT2D eigenvalue weighted by Gasteiger charge is -2.40. The molecule has 0 bridgehead atoms. The van der Waals surface area contributed by atoms with E-state index in [1.165, 1.54) is 5.56 Å². The fourth-order valence-electron chi connectivity index (χ4n) is 2.63. The van der Waals surface area contributed by atoms with Gasteiger partial charge in [-0.15, -0.1) is 0 Å². The summed E-state index contributed by atoms with van der Waals surface area (Å²) in [5.74, 6) is 0.168. The molecule has 2 rings (SSSR count). The quantitative estimate of drug-likeness (QED) is 0.912. The summed E-state index contributed by atoms with van der Waals surface area (Å²) in [5.41, 5.74) is 7.50. The highest BCUT2D eigenvalue weighted by molar-refractivity contribution is 9.10. The average molecular weight is 340 g/mol. The van der Waals surface area contributed by atoms with Crippen LogP contribution in [0, 0.1) is 0 Å². The Bertz CT molecular complexity index is 463. The van der Waals surface area contributed by atoms with Crippen molar-refractivity contribution < 1.29 is 4.79 Å². The standard InChI is InChI=1S/C15H22BrN3O/c1-3-13(17)15(11-4-6-12(16)7-5-11)19-9-8-18(2)14(20)10-19/h4-7,13,15H,3,8-10,17H2,1-2H3. The molecule has 0 aromatic heterocycles. The molecular formula is C15H22BrN3O. The van der Waals surface area contributed by atoms with Crippen molar-refractivity contribution in [2.45, 2.75) is 25.4 Å². The molecule has 0 radical (unpaired) electrons. The summed E-state index contributed by atoms with van der Waals surface area (Å²) in [6.07, 6.45) is 0.890. The van der Waals surface area contributed by atoms with E-state index in [0.29, 0.717) is 6.54 Å². The highest BCUT2D eigenvalue weighted by Gasteiger charge is 2.31. The molecule has 2 unspecified atom stereocenters. The van der Waals surface area contributed by atoms with E-state index in [9.17, 15) is 4.79 Å². The van der Waals surface area contributed by atoms with Gasteiger partial charge in [-0.05, 0) is 24.1 Å². The fourth-order valence-corrected chi connectivity index (χ4v) is 2.89. The van der Waals surface area contributed by atoms with E-state index in [2.05, 4.69) is 39.9 Å². The average Bonchev–Trinajstić information content (AvgIpc) is 2.45. The number of halogens is 1. The molecule has 110 valence electrons. The Morgan fingerprint density at radius 3 is 2.50 bits per heavy atom. The normalized spacial score (nSPS) is 20.0. The van der Waals surface area contributed by atoms with Gasteiger partial charge in [-0.25, -0.2) is 0 Å². The van der Waals surface area contributed by atoms with Crippen LogP contribution in [0.5, 0.6) is 0 Å². The van der Waals surface area contributed by atoms with E-state index in [4.69, 9.17) is 5.73 Å². The third kappa shape index (κ3) is 3.40. The number of amides is 1. The lowest BCUT2D eigenvalue weighted by Crippen LogP contribution is -2.52. The largest absolute Gasteiger partial charge is 0.343 e. The Labute approximate surface area is 129 Å². The number of hydrogen-bond donors (Lipinski definition) is 1. The Balaban J connectivity index is 2.24. The van der Waals surface area contributed by atoms with Crippen LogP contribution < -0.4 is 5.73 Å². The number of nitrogens with two attached hydrogens (primary N) is 1. The minimum atomic E-state index is 0.0346. The predicted molar refractivity (Wildman–Crippen MR) is 84.4 cm³/mol. The first-order valence-corrected chi connectivity index (χ1v) is 7.81. The molecule has 2 atom stereocenters. The zero-order valence-corrected chi connectivity index (χ0v) is 13.6. The fraction of sp³-hybridized carbons (Fsp3) is 0.533.